The zero-order valence-electron chi connectivity index (χ0n) is 16.7. The molecular weight excluding hydrogens is 348 g/mol. The maximum atomic E-state index is 13.3. The van der Waals surface area contributed by atoms with Crippen molar-refractivity contribution in [2.45, 2.75) is 38.0 Å². The van der Waals surface area contributed by atoms with Crippen molar-refractivity contribution in [1.29, 1.82) is 0 Å². The van der Waals surface area contributed by atoms with Crippen molar-refractivity contribution >= 4 is 11.7 Å². The van der Waals surface area contributed by atoms with Crippen LogP contribution >= 0.6 is 0 Å². The summed E-state index contributed by atoms with van der Waals surface area (Å²) in [4.78, 5) is 26.8. The number of likely N-dealkylation sites (tertiary alicyclic amines) is 1. The second-order valence-electron chi connectivity index (χ2n) is 9.04. The van der Waals surface area contributed by atoms with Gasteiger partial charge in [0.1, 0.15) is 12.1 Å². The zero-order valence-corrected chi connectivity index (χ0v) is 16.7. The van der Waals surface area contributed by atoms with Crippen LogP contribution in [0.3, 0.4) is 0 Å². The predicted molar refractivity (Wildman–Crippen MR) is 109 cm³/mol. The van der Waals surface area contributed by atoms with Gasteiger partial charge in [-0.1, -0.05) is 44.2 Å². The molecule has 2 aliphatic heterocycles. The summed E-state index contributed by atoms with van der Waals surface area (Å²) in [5, 5.41) is 0. The summed E-state index contributed by atoms with van der Waals surface area (Å²) in [5.41, 5.74) is 2.05. The minimum atomic E-state index is -0.238. The number of hydrogen-bond acceptors (Lipinski definition) is 4. The van der Waals surface area contributed by atoms with E-state index < -0.39 is 0 Å². The second-order valence-corrected chi connectivity index (χ2v) is 9.04. The van der Waals surface area contributed by atoms with Gasteiger partial charge in [-0.25, -0.2) is 9.97 Å². The molecule has 1 aliphatic carbocycles. The molecule has 3 heterocycles. The van der Waals surface area contributed by atoms with E-state index in [0.29, 0.717) is 23.7 Å². The number of amides is 1. The van der Waals surface area contributed by atoms with E-state index in [0.717, 1.165) is 50.5 Å². The number of hydrogen-bond donors (Lipinski definition) is 0. The topological polar surface area (TPSA) is 49.3 Å². The molecule has 2 unspecified atom stereocenters. The third-order valence-corrected chi connectivity index (χ3v) is 6.85. The number of carbonyl (C=O) groups excluding carboxylic acids is 1. The molecule has 2 atom stereocenters. The Morgan fingerprint density at radius 3 is 2.32 bits per heavy atom. The van der Waals surface area contributed by atoms with Gasteiger partial charge in [-0.2, -0.15) is 0 Å². The van der Waals surface area contributed by atoms with E-state index in [2.05, 4.69) is 51.8 Å². The summed E-state index contributed by atoms with van der Waals surface area (Å²) in [5.74, 6) is 2.89. The summed E-state index contributed by atoms with van der Waals surface area (Å²) < 4.78 is 0. The number of anilines is 1. The normalized spacial score (nSPS) is 25.2. The Morgan fingerprint density at radius 1 is 1.04 bits per heavy atom. The molecule has 1 aromatic heterocycles. The molecule has 0 N–H and O–H groups in total. The number of aromatic nitrogens is 2. The maximum Gasteiger partial charge on any atom is 0.233 e. The lowest BCUT2D eigenvalue weighted by Crippen LogP contribution is -2.40. The lowest BCUT2D eigenvalue weighted by atomic mass is 9.94. The monoisotopic (exact) mass is 376 g/mol. The van der Waals surface area contributed by atoms with Crippen LogP contribution in [0.25, 0.3) is 0 Å². The molecule has 2 aromatic rings. The fourth-order valence-corrected chi connectivity index (χ4v) is 5.01. The molecule has 0 radical (unpaired) electrons. The molecule has 0 bridgehead atoms. The van der Waals surface area contributed by atoms with Gasteiger partial charge in [0.05, 0.1) is 5.41 Å². The van der Waals surface area contributed by atoms with Crippen LogP contribution in [0, 0.1) is 11.8 Å². The number of rotatable bonds is 4. The Kier molecular flexibility index (Phi) is 4.14. The quantitative estimate of drug-likeness (QED) is 0.822. The molecule has 1 saturated carbocycles. The van der Waals surface area contributed by atoms with Crippen molar-refractivity contribution in [3.63, 3.8) is 0 Å². The van der Waals surface area contributed by atoms with Crippen LogP contribution in [-0.2, 0) is 10.2 Å². The minimum absolute atomic E-state index is 0.238. The zero-order chi connectivity index (χ0) is 19.3. The van der Waals surface area contributed by atoms with Crippen molar-refractivity contribution in [2.24, 2.45) is 11.8 Å². The van der Waals surface area contributed by atoms with Gasteiger partial charge in [0.15, 0.2) is 0 Å². The third-order valence-electron chi connectivity index (χ3n) is 6.85. The van der Waals surface area contributed by atoms with Crippen molar-refractivity contribution < 1.29 is 4.79 Å². The Morgan fingerprint density at radius 2 is 1.71 bits per heavy atom. The van der Waals surface area contributed by atoms with E-state index in [4.69, 9.17) is 0 Å². The van der Waals surface area contributed by atoms with E-state index in [1.807, 2.05) is 18.2 Å². The van der Waals surface area contributed by atoms with Gasteiger partial charge in [-0.3, -0.25) is 4.79 Å². The molecule has 0 spiro atoms. The van der Waals surface area contributed by atoms with Crippen LogP contribution in [0.1, 0.15) is 43.9 Å². The Labute approximate surface area is 166 Å². The first-order chi connectivity index (χ1) is 13.6. The van der Waals surface area contributed by atoms with E-state index >= 15 is 0 Å². The molecule has 5 nitrogen and oxygen atoms in total. The maximum absolute atomic E-state index is 13.3. The van der Waals surface area contributed by atoms with Gasteiger partial charge in [0.2, 0.25) is 5.91 Å². The minimum Gasteiger partial charge on any atom is -0.356 e. The summed E-state index contributed by atoms with van der Waals surface area (Å²) in [6.07, 6.45) is 3.67. The number of nitrogens with zero attached hydrogens (tertiary/aromatic N) is 4. The molecule has 3 fully saturated rings. The summed E-state index contributed by atoms with van der Waals surface area (Å²) in [7, 11) is 0. The average molecular weight is 377 g/mol. The molecule has 146 valence electrons. The first kappa shape index (κ1) is 17.7. The first-order valence-electron chi connectivity index (χ1n) is 10.5. The Balaban J connectivity index is 1.27. The molecule has 2 saturated heterocycles. The summed E-state index contributed by atoms with van der Waals surface area (Å²) in [6.45, 7) is 8.07. The van der Waals surface area contributed by atoms with Gasteiger partial charge in [0.25, 0.3) is 0 Å². The molecule has 5 rings (SSSR count). The average Bonchev–Trinajstić information content (AvgIpc) is 3.29. The van der Waals surface area contributed by atoms with Crippen molar-refractivity contribution in [3.8, 4) is 0 Å². The fourth-order valence-electron chi connectivity index (χ4n) is 5.01. The number of fused-ring (bicyclic) bond motifs is 1. The van der Waals surface area contributed by atoms with Gasteiger partial charge < -0.3 is 9.80 Å². The summed E-state index contributed by atoms with van der Waals surface area (Å²) in [6, 6.07) is 12.5. The van der Waals surface area contributed by atoms with Crippen molar-refractivity contribution in [2.75, 3.05) is 31.1 Å². The third kappa shape index (κ3) is 2.88. The molecule has 1 aromatic carbocycles. The van der Waals surface area contributed by atoms with Crippen LogP contribution in [0.2, 0.25) is 0 Å². The first-order valence-corrected chi connectivity index (χ1v) is 10.5. The Bertz CT molecular complexity index is 863. The van der Waals surface area contributed by atoms with Crippen LogP contribution in [0.5, 0.6) is 0 Å². The standard InChI is InChI=1S/C23H28N4O/c1-16(2)20-10-21(25-15-24-20)26-11-17-13-27(14-18(17)12-26)22(28)23(8-9-23)19-6-4-3-5-7-19/h3-7,10,15-18H,8-9,11-14H2,1-2H3. The van der Waals surface area contributed by atoms with Gasteiger partial charge >= 0.3 is 0 Å². The van der Waals surface area contributed by atoms with Crippen LogP contribution in [0.15, 0.2) is 42.7 Å². The molecule has 3 aliphatic rings. The highest BCUT2D eigenvalue weighted by atomic mass is 16.2. The highest BCUT2D eigenvalue weighted by molar-refractivity contribution is 5.91. The SMILES string of the molecule is CC(C)c1cc(N2CC3CN(C(=O)C4(c5ccccc5)CC4)CC3C2)ncn1. The highest BCUT2D eigenvalue weighted by Crippen LogP contribution is 2.50. The van der Waals surface area contributed by atoms with E-state index in [-0.39, 0.29) is 5.41 Å². The van der Waals surface area contributed by atoms with E-state index in [1.165, 1.54) is 5.56 Å². The van der Waals surface area contributed by atoms with Crippen LogP contribution < -0.4 is 4.90 Å². The molecular formula is C23H28N4O. The van der Waals surface area contributed by atoms with Crippen molar-refractivity contribution in [3.05, 3.63) is 54.0 Å². The Hall–Kier alpha value is -2.43. The summed E-state index contributed by atoms with van der Waals surface area (Å²) >= 11 is 0. The smallest absolute Gasteiger partial charge is 0.233 e. The van der Waals surface area contributed by atoms with Crippen molar-refractivity contribution in [1.82, 2.24) is 14.9 Å². The lowest BCUT2D eigenvalue weighted by molar-refractivity contribution is -0.133. The number of carbonyl (C=O) groups is 1. The lowest BCUT2D eigenvalue weighted by Gasteiger charge is -2.26. The molecule has 1 amide bonds. The van der Waals surface area contributed by atoms with Gasteiger partial charge in [0, 0.05) is 49.8 Å². The predicted octanol–water partition coefficient (Wildman–Crippen LogP) is 3.23. The van der Waals surface area contributed by atoms with Gasteiger partial charge in [-0.05, 0) is 24.3 Å². The number of benzene rings is 1. The van der Waals surface area contributed by atoms with E-state index in [1.54, 1.807) is 6.33 Å². The molecule has 5 heteroatoms. The second kappa shape index (κ2) is 6.57. The highest BCUT2D eigenvalue weighted by Gasteiger charge is 2.55. The largest absolute Gasteiger partial charge is 0.356 e. The van der Waals surface area contributed by atoms with Crippen LogP contribution in [0.4, 0.5) is 5.82 Å². The van der Waals surface area contributed by atoms with Gasteiger partial charge in [-0.15, -0.1) is 0 Å². The van der Waals surface area contributed by atoms with Crippen LogP contribution in [-0.4, -0.2) is 47.0 Å². The van der Waals surface area contributed by atoms with E-state index in [9.17, 15) is 4.79 Å². The fraction of sp³-hybridized carbons (Fsp3) is 0.522. The molecule has 28 heavy (non-hydrogen) atoms.